The quantitative estimate of drug-likeness (QED) is 0.813. The average molecular weight is 337 g/mol. The molecule has 1 spiro atoms. The van der Waals surface area contributed by atoms with Crippen molar-refractivity contribution in [3.05, 3.63) is 29.8 Å². The number of morpholine rings is 1. The van der Waals surface area contributed by atoms with Crippen molar-refractivity contribution >= 4 is 10.0 Å². The Bertz CT molecular complexity index is 688. The number of nitrogens with one attached hydrogen (secondary N) is 1. The zero-order chi connectivity index (χ0) is 16.3. The van der Waals surface area contributed by atoms with Gasteiger partial charge in [-0.1, -0.05) is 0 Å². The molecule has 0 saturated carbocycles. The number of hydrogen-bond donors (Lipinski definition) is 1. The normalized spacial score (nSPS) is 26.6. The Hall–Kier alpha value is -1.50. The second-order valence-electron chi connectivity index (χ2n) is 5.74. The van der Waals surface area contributed by atoms with Gasteiger partial charge in [0.1, 0.15) is 5.60 Å². The van der Waals surface area contributed by atoms with E-state index in [1.165, 1.54) is 28.6 Å². The van der Waals surface area contributed by atoms with Gasteiger partial charge in [-0.25, -0.2) is 8.42 Å². The molecule has 1 atom stereocenters. The van der Waals surface area contributed by atoms with Gasteiger partial charge in [0.05, 0.1) is 36.3 Å². The summed E-state index contributed by atoms with van der Waals surface area (Å²) in [5.41, 5.74) is -0.210. The number of rotatable bonds is 2. The van der Waals surface area contributed by atoms with Gasteiger partial charge < -0.3 is 14.8 Å². The summed E-state index contributed by atoms with van der Waals surface area (Å²) < 4.78 is 38.5. The fraction of sp³-hybridized carbons (Fsp3) is 0.533. The molecule has 0 bridgehead atoms. The smallest absolute Gasteiger partial charge is 0.243 e. The average Bonchev–Trinajstić information content (AvgIpc) is 2.80. The highest BCUT2D eigenvalue weighted by atomic mass is 32.2. The molecule has 0 radical (unpaired) electrons. The van der Waals surface area contributed by atoms with Crippen LogP contribution in [0.2, 0.25) is 0 Å². The number of sulfonamides is 1. The Balaban J connectivity index is 1.82. The lowest BCUT2D eigenvalue weighted by atomic mass is 10.0. The van der Waals surface area contributed by atoms with Crippen molar-refractivity contribution in [1.82, 2.24) is 9.62 Å². The molecule has 23 heavy (non-hydrogen) atoms. The maximum atomic E-state index is 12.8. The van der Waals surface area contributed by atoms with Crippen LogP contribution < -0.4 is 5.32 Å². The van der Waals surface area contributed by atoms with Gasteiger partial charge in [-0.2, -0.15) is 9.57 Å². The first-order valence-electron chi connectivity index (χ1n) is 7.49. The van der Waals surface area contributed by atoms with E-state index in [0.29, 0.717) is 38.5 Å². The lowest BCUT2D eigenvalue weighted by molar-refractivity contribution is -0.118. The second-order valence-corrected chi connectivity index (χ2v) is 7.67. The van der Waals surface area contributed by atoms with Crippen molar-refractivity contribution in [2.24, 2.45) is 0 Å². The fourth-order valence-corrected chi connectivity index (χ4v) is 4.33. The third-order valence-corrected chi connectivity index (χ3v) is 5.93. The highest BCUT2D eigenvalue weighted by Gasteiger charge is 2.42. The van der Waals surface area contributed by atoms with Crippen molar-refractivity contribution in [1.29, 1.82) is 5.26 Å². The molecule has 3 rings (SSSR count). The Kier molecular flexibility index (Phi) is 4.66. The summed E-state index contributed by atoms with van der Waals surface area (Å²) in [6.45, 7) is 3.15. The molecule has 0 unspecified atom stereocenters. The van der Waals surface area contributed by atoms with Gasteiger partial charge >= 0.3 is 0 Å². The monoisotopic (exact) mass is 337 g/mol. The van der Waals surface area contributed by atoms with E-state index >= 15 is 0 Å². The topological polar surface area (TPSA) is 91.7 Å². The molecule has 1 aromatic rings. The number of nitrogens with zero attached hydrogens (tertiary/aromatic N) is 2. The molecule has 0 aromatic heterocycles. The number of nitriles is 1. The molecule has 124 valence electrons. The van der Waals surface area contributed by atoms with Gasteiger partial charge in [0.25, 0.3) is 0 Å². The molecule has 2 aliphatic rings. The fourth-order valence-electron chi connectivity index (χ4n) is 2.83. The standard InChI is InChI=1S/C15H19N3O4S/c16-9-13-1-3-14(4-2-13)23(19,20)18-6-8-22-15(11-18)10-17-5-7-21-12-15/h1-4,17H,5-8,10-12H2/t15-/m0/s1. The minimum atomic E-state index is -3.61. The molecule has 2 heterocycles. The van der Waals surface area contributed by atoms with Crippen molar-refractivity contribution in [3.8, 4) is 6.07 Å². The predicted molar refractivity (Wildman–Crippen MR) is 82.3 cm³/mol. The summed E-state index contributed by atoms with van der Waals surface area (Å²) >= 11 is 0. The van der Waals surface area contributed by atoms with Gasteiger partial charge in [0.15, 0.2) is 0 Å². The number of hydrogen-bond acceptors (Lipinski definition) is 6. The van der Waals surface area contributed by atoms with Crippen molar-refractivity contribution in [2.75, 3.05) is 46.0 Å². The Morgan fingerprint density at radius 3 is 2.78 bits per heavy atom. The molecule has 0 aliphatic carbocycles. The van der Waals surface area contributed by atoms with Crippen LogP contribution in [0.1, 0.15) is 5.56 Å². The molecule has 7 nitrogen and oxygen atoms in total. The maximum absolute atomic E-state index is 12.8. The van der Waals surface area contributed by atoms with Crippen LogP contribution in [0.25, 0.3) is 0 Å². The van der Waals surface area contributed by atoms with E-state index in [0.717, 1.165) is 6.54 Å². The zero-order valence-corrected chi connectivity index (χ0v) is 13.5. The predicted octanol–water partition coefficient (Wildman–Crippen LogP) is -0.0622. The van der Waals surface area contributed by atoms with Crippen LogP contribution in [0, 0.1) is 11.3 Å². The molecule has 2 saturated heterocycles. The third-order valence-electron chi connectivity index (χ3n) is 4.07. The highest BCUT2D eigenvalue weighted by molar-refractivity contribution is 7.89. The van der Waals surface area contributed by atoms with Crippen molar-refractivity contribution in [2.45, 2.75) is 10.5 Å². The van der Waals surface area contributed by atoms with Crippen LogP contribution in [0.4, 0.5) is 0 Å². The minimum absolute atomic E-state index is 0.191. The summed E-state index contributed by atoms with van der Waals surface area (Å²) in [6, 6.07) is 7.95. The lowest BCUT2D eigenvalue weighted by Crippen LogP contribution is -2.59. The lowest BCUT2D eigenvalue weighted by Gasteiger charge is -2.41. The third kappa shape index (κ3) is 3.39. The van der Waals surface area contributed by atoms with E-state index in [4.69, 9.17) is 14.7 Å². The van der Waals surface area contributed by atoms with E-state index in [1.807, 2.05) is 6.07 Å². The Labute approximate surface area is 135 Å². The number of ether oxygens (including phenoxy) is 2. The van der Waals surface area contributed by atoms with E-state index < -0.39 is 15.6 Å². The van der Waals surface area contributed by atoms with Crippen LogP contribution in [-0.2, 0) is 19.5 Å². The Morgan fingerprint density at radius 1 is 1.26 bits per heavy atom. The van der Waals surface area contributed by atoms with Gasteiger partial charge in [-0.05, 0) is 24.3 Å². The van der Waals surface area contributed by atoms with E-state index in [1.54, 1.807) is 0 Å². The van der Waals surface area contributed by atoms with E-state index in [9.17, 15) is 8.42 Å². The van der Waals surface area contributed by atoms with Crippen LogP contribution >= 0.6 is 0 Å². The van der Waals surface area contributed by atoms with Crippen molar-refractivity contribution in [3.63, 3.8) is 0 Å². The molecule has 8 heteroatoms. The van der Waals surface area contributed by atoms with E-state index in [2.05, 4.69) is 5.32 Å². The summed E-state index contributed by atoms with van der Waals surface area (Å²) in [5, 5.41) is 12.1. The van der Waals surface area contributed by atoms with Crippen LogP contribution in [0.15, 0.2) is 29.2 Å². The van der Waals surface area contributed by atoms with E-state index in [-0.39, 0.29) is 11.4 Å². The largest absolute Gasteiger partial charge is 0.377 e. The molecule has 2 fully saturated rings. The molecular formula is C15H19N3O4S. The Morgan fingerprint density at radius 2 is 2.04 bits per heavy atom. The minimum Gasteiger partial charge on any atom is -0.377 e. The SMILES string of the molecule is N#Cc1ccc(S(=O)(=O)N2CCO[C@@]3(CNCCOC3)C2)cc1. The van der Waals surface area contributed by atoms with Crippen LogP contribution in [0.5, 0.6) is 0 Å². The van der Waals surface area contributed by atoms with Crippen LogP contribution in [-0.4, -0.2) is 64.3 Å². The van der Waals surface area contributed by atoms with Crippen LogP contribution in [0.3, 0.4) is 0 Å². The van der Waals surface area contributed by atoms with Gasteiger partial charge in [0.2, 0.25) is 10.0 Å². The molecular weight excluding hydrogens is 318 g/mol. The van der Waals surface area contributed by atoms with Crippen molar-refractivity contribution < 1.29 is 17.9 Å². The summed E-state index contributed by atoms with van der Waals surface area (Å²) in [7, 11) is -3.61. The molecule has 1 aromatic carbocycles. The first-order valence-corrected chi connectivity index (χ1v) is 8.93. The molecule has 0 amide bonds. The molecule has 2 aliphatic heterocycles. The second kappa shape index (κ2) is 6.55. The summed E-state index contributed by atoms with van der Waals surface area (Å²) in [4.78, 5) is 0.191. The number of benzene rings is 1. The van der Waals surface area contributed by atoms with Gasteiger partial charge in [-0.3, -0.25) is 0 Å². The first-order chi connectivity index (χ1) is 11.1. The summed E-state index contributed by atoms with van der Waals surface area (Å²) in [6.07, 6.45) is 0. The summed E-state index contributed by atoms with van der Waals surface area (Å²) in [5.74, 6) is 0. The zero-order valence-electron chi connectivity index (χ0n) is 12.7. The highest BCUT2D eigenvalue weighted by Crippen LogP contribution is 2.25. The molecule has 1 N–H and O–H groups in total. The van der Waals surface area contributed by atoms with Gasteiger partial charge in [-0.15, -0.1) is 0 Å². The maximum Gasteiger partial charge on any atom is 0.243 e. The first kappa shape index (κ1) is 16.4. The van der Waals surface area contributed by atoms with Gasteiger partial charge in [0, 0.05) is 26.2 Å².